The van der Waals surface area contributed by atoms with Gasteiger partial charge in [0.2, 0.25) is 0 Å². The van der Waals surface area contributed by atoms with E-state index in [1.54, 1.807) is 6.26 Å². The molecule has 1 fully saturated rings. The Bertz CT molecular complexity index is 705. The van der Waals surface area contributed by atoms with E-state index in [1.807, 2.05) is 39.0 Å². The number of hydrogen-bond donors (Lipinski definition) is 1. The van der Waals surface area contributed by atoms with Crippen LogP contribution in [0.4, 0.5) is 0 Å². The van der Waals surface area contributed by atoms with Crippen LogP contribution in [-0.2, 0) is 20.9 Å². The van der Waals surface area contributed by atoms with Gasteiger partial charge in [0, 0.05) is 13.5 Å². The summed E-state index contributed by atoms with van der Waals surface area (Å²) in [5.74, 6) is -0.233. The fourth-order valence-corrected chi connectivity index (χ4v) is 5.51. The van der Waals surface area contributed by atoms with Gasteiger partial charge in [-0.1, -0.05) is 50.0 Å². The van der Waals surface area contributed by atoms with Gasteiger partial charge in [0.05, 0.1) is 31.0 Å². The summed E-state index contributed by atoms with van der Waals surface area (Å²) in [6, 6.07) is 11.2. The van der Waals surface area contributed by atoms with E-state index in [-0.39, 0.29) is 24.1 Å². The predicted molar refractivity (Wildman–Crippen MR) is 125 cm³/mol. The number of aliphatic hydroxyl groups is 1. The van der Waals surface area contributed by atoms with Crippen LogP contribution in [0, 0.1) is 10.8 Å². The van der Waals surface area contributed by atoms with Crippen molar-refractivity contribution in [2.45, 2.75) is 84.9 Å². The van der Waals surface area contributed by atoms with E-state index in [9.17, 15) is 9.90 Å². The van der Waals surface area contributed by atoms with Gasteiger partial charge in [-0.25, -0.2) is 0 Å². The lowest BCUT2D eigenvalue weighted by atomic mass is 9.69. The van der Waals surface area contributed by atoms with Gasteiger partial charge in [0.25, 0.3) is 0 Å². The first-order valence-corrected chi connectivity index (χ1v) is 14.8. The molecule has 168 valence electrons. The number of rotatable bonds is 8. The third-order valence-corrected chi connectivity index (χ3v) is 7.29. The van der Waals surface area contributed by atoms with E-state index < -0.39 is 13.5 Å². The van der Waals surface area contributed by atoms with Crippen molar-refractivity contribution in [1.82, 2.24) is 0 Å². The first kappa shape index (κ1) is 24.8. The van der Waals surface area contributed by atoms with Gasteiger partial charge in [0.1, 0.15) is 0 Å². The number of esters is 1. The number of carbonyl (C=O) groups excluding carboxylic acids is 1. The maximum Gasteiger partial charge on any atom is 0.316 e. The van der Waals surface area contributed by atoms with E-state index >= 15 is 0 Å². The second-order valence-electron chi connectivity index (χ2n) is 11.0. The summed E-state index contributed by atoms with van der Waals surface area (Å²) in [7, 11) is -1.46. The Labute approximate surface area is 183 Å². The number of hydrogen-bond acceptors (Lipinski definition) is 4. The molecule has 0 aliphatic heterocycles. The van der Waals surface area contributed by atoms with Crippen LogP contribution in [0.15, 0.2) is 42.2 Å². The highest BCUT2D eigenvalue weighted by molar-refractivity contribution is 6.76. The van der Waals surface area contributed by atoms with Crippen molar-refractivity contribution in [3.05, 3.63) is 47.7 Å². The number of ether oxygens (including phenoxy) is 2. The lowest BCUT2D eigenvalue weighted by Gasteiger charge is -2.42. The Morgan fingerprint density at radius 1 is 1.17 bits per heavy atom. The average molecular weight is 433 g/mol. The van der Waals surface area contributed by atoms with Crippen LogP contribution < -0.4 is 0 Å². The monoisotopic (exact) mass is 432 g/mol. The van der Waals surface area contributed by atoms with E-state index in [2.05, 4.69) is 31.8 Å². The minimum atomic E-state index is -1.46. The van der Waals surface area contributed by atoms with Gasteiger partial charge < -0.3 is 14.6 Å². The van der Waals surface area contributed by atoms with Crippen LogP contribution in [-0.4, -0.2) is 31.9 Å². The quantitative estimate of drug-likeness (QED) is 0.314. The number of aliphatic hydroxyl groups excluding tert-OH is 1. The molecule has 0 amide bonds. The molecule has 0 spiro atoms. The molecule has 0 unspecified atom stereocenters. The summed E-state index contributed by atoms with van der Waals surface area (Å²) in [6.45, 7) is 13.2. The summed E-state index contributed by atoms with van der Waals surface area (Å²) in [5, 5.41) is 10.4. The van der Waals surface area contributed by atoms with Gasteiger partial charge in [0.15, 0.2) is 0 Å². The maximum absolute atomic E-state index is 12.3. The van der Waals surface area contributed by atoms with Crippen molar-refractivity contribution in [3.8, 4) is 0 Å². The van der Waals surface area contributed by atoms with Gasteiger partial charge in [-0.3, -0.25) is 4.79 Å². The summed E-state index contributed by atoms with van der Waals surface area (Å²) < 4.78 is 11.8. The normalized spacial score (nSPS) is 23.3. The van der Waals surface area contributed by atoms with Crippen LogP contribution >= 0.6 is 0 Å². The Kier molecular flexibility index (Phi) is 8.49. The highest BCUT2D eigenvalue weighted by atomic mass is 28.3. The molecule has 1 aromatic rings. The summed E-state index contributed by atoms with van der Waals surface area (Å²) in [6.07, 6.45) is 5.40. The lowest BCUT2D eigenvalue weighted by molar-refractivity contribution is -0.147. The van der Waals surface area contributed by atoms with Crippen molar-refractivity contribution in [1.29, 1.82) is 0 Å². The summed E-state index contributed by atoms with van der Waals surface area (Å²) in [4.78, 5) is 12.3. The molecule has 0 aromatic heterocycles. The molecule has 1 saturated carbocycles. The molecule has 1 N–H and O–H groups in total. The minimum absolute atomic E-state index is 0.0851. The predicted octanol–water partition coefficient (Wildman–Crippen LogP) is 5.94. The van der Waals surface area contributed by atoms with E-state index in [4.69, 9.17) is 9.47 Å². The Hall–Kier alpha value is -1.43. The zero-order chi connectivity index (χ0) is 22.4. The van der Waals surface area contributed by atoms with Crippen LogP contribution in [0.25, 0.3) is 0 Å². The Morgan fingerprint density at radius 3 is 2.27 bits per heavy atom. The molecule has 4 nitrogen and oxygen atoms in total. The molecule has 0 bridgehead atoms. The lowest BCUT2D eigenvalue weighted by Crippen LogP contribution is -2.38. The van der Waals surface area contributed by atoms with Crippen molar-refractivity contribution >= 4 is 14.0 Å². The zero-order valence-electron chi connectivity index (χ0n) is 19.7. The number of carbonyl (C=O) groups is 1. The maximum atomic E-state index is 12.3. The standard InChI is InChI=1S/C25H40O4Si/c1-24(2,3)23(27)29-17-21(18-30(4,5)6)25(19-26)14-12-22(13-15-25)28-16-20-10-8-7-9-11-20/h7-11,17,22,26H,12-16,18-19H2,1-6H3/b21-17+. The molecule has 1 aliphatic rings. The molecular formula is C25H40O4Si. The second kappa shape index (κ2) is 10.3. The minimum Gasteiger partial charge on any atom is -0.434 e. The third-order valence-electron chi connectivity index (χ3n) is 5.84. The Balaban J connectivity index is 2.09. The molecule has 0 atom stereocenters. The summed E-state index contributed by atoms with van der Waals surface area (Å²) >= 11 is 0. The first-order valence-electron chi connectivity index (χ1n) is 11.1. The molecule has 0 saturated heterocycles. The molecule has 2 rings (SSSR count). The van der Waals surface area contributed by atoms with Crippen LogP contribution in [0.3, 0.4) is 0 Å². The molecule has 5 heteroatoms. The largest absolute Gasteiger partial charge is 0.434 e. The molecule has 30 heavy (non-hydrogen) atoms. The Morgan fingerprint density at radius 2 is 1.77 bits per heavy atom. The van der Waals surface area contributed by atoms with Gasteiger partial charge in [-0.05, 0) is 63.6 Å². The van der Waals surface area contributed by atoms with Gasteiger partial charge in [-0.2, -0.15) is 0 Å². The van der Waals surface area contributed by atoms with Gasteiger partial charge in [-0.15, -0.1) is 0 Å². The topological polar surface area (TPSA) is 55.8 Å². The zero-order valence-corrected chi connectivity index (χ0v) is 20.7. The summed E-state index contributed by atoms with van der Waals surface area (Å²) in [5.41, 5.74) is 1.43. The average Bonchev–Trinajstić information content (AvgIpc) is 2.69. The van der Waals surface area contributed by atoms with Crippen LogP contribution in [0.2, 0.25) is 25.7 Å². The van der Waals surface area contributed by atoms with Crippen molar-refractivity contribution in [2.24, 2.45) is 10.8 Å². The van der Waals surface area contributed by atoms with E-state index in [0.29, 0.717) is 6.61 Å². The molecule has 1 aromatic carbocycles. The van der Waals surface area contributed by atoms with E-state index in [0.717, 1.165) is 37.3 Å². The molecule has 0 heterocycles. The molecule has 0 radical (unpaired) electrons. The third kappa shape index (κ3) is 7.36. The SMILES string of the molecule is CC(C)(C)C(=O)O/C=C(\C[Si](C)(C)C)C1(CO)CCC(OCc2ccccc2)CC1. The van der Waals surface area contributed by atoms with Gasteiger partial charge >= 0.3 is 5.97 Å². The molecular weight excluding hydrogens is 392 g/mol. The highest BCUT2D eigenvalue weighted by Gasteiger charge is 2.40. The van der Waals surface area contributed by atoms with Crippen molar-refractivity contribution in [3.63, 3.8) is 0 Å². The first-order chi connectivity index (χ1) is 14.0. The second-order valence-corrected chi connectivity index (χ2v) is 16.4. The number of benzene rings is 1. The molecule has 1 aliphatic carbocycles. The van der Waals surface area contributed by atoms with Crippen molar-refractivity contribution < 1.29 is 19.4 Å². The van der Waals surface area contributed by atoms with Crippen LogP contribution in [0.1, 0.15) is 52.0 Å². The fourth-order valence-electron chi connectivity index (χ4n) is 3.91. The van der Waals surface area contributed by atoms with Crippen LogP contribution in [0.5, 0.6) is 0 Å². The van der Waals surface area contributed by atoms with Crippen molar-refractivity contribution in [2.75, 3.05) is 6.61 Å². The smallest absolute Gasteiger partial charge is 0.316 e. The fraction of sp³-hybridized carbons (Fsp3) is 0.640. The van der Waals surface area contributed by atoms with E-state index in [1.165, 1.54) is 5.56 Å². The highest BCUT2D eigenvalue weighted by Crippen LogP contribution is 2.46.